The Labute approximate surface area is 264 Å². The van der Waals surface area contributed by atoms with Crippen LogP contribution in [0.1, 0.15) is 11.5 Å². The Balaban J connectivity index is 1.34. The molecule has 0 bridgehead atoms. The quantitative estimate of drug-likeness (QED) is 0.113. The fraction of sp³-hybridized carbons (Fsp3) is 0.0500. The van der Waals surface area contributed by atoms with Crippen molar-refractivity contribution in [2.45, 2.75) is 12.0 Å². The molecule has 8 aromatic rings. The molecule has 0 spiro atoms. The van der Waals surface area contributed by atoms with E-state index in [1.54, 1.807) is 0 Å². The van der Waals surface area contributed by atoms with Gasteiger partial charge in [-0.25, -0.2) is 4.98 Å². The van der Waals surface area contributed by atoms with Crippen LogP contribution in [0.25, 0.3) is 55.1 Å². The topological polar surface area (TPSA) is 25.0 Å². The monoisotopic (exact) mass is 594 g/mol. The van der Waals surface area contributed by atoms with E-state index in [9.17, 15) is 0 Å². The zero-order valence-corrected chi connectivity index (χ0v) is 25.0. The van der Waals surface area contributed by atoms with E-state index in [0.29, 0.717) is 5.92 Å². The molecule has 0 N–H and O–H groups in total. The number of imidazole rings is 1. The SMILES string of the molecule is S=c1c2ccccc2c(-c2ccccc2)c2c3nc4cc(N5c6ccccc6C6C=CC=CC65)ccc4n3c3ccccc3n12. The average Bonchev–Trinajstić information content (AvgIpc) is 3.65. The summed E-state index contributed by atoms with van der Waals surface area (Å²) in [6.45, 7) is 0. The highest BCUT2D eigenvalue weighted by Gasteiger charge is 2.37. The summed E-state index contributed by atoms with van der Waals surface area (Å²) in [6.07, 6.45) is 8.98. The highest BCUT2D eigenvalue weighted by molar-refractivity contribution is 7.71. The Kier molecular flexibility index (Phi) is 5.11. The van der Waals surface area contributed by atoms with Crippen LogP contribution >= 0.6 is 12.2 Å². The lowest BCUT2D eigenvalue weighted by molar-refractivity contribution is 0.745. The van der Waals surface area contributed by atoms with Crippen molar-refractivity contribution in [3.63, 3.8) is 0 Å². The third-order valence-electron chi connectivity index (χ3n) is 9.60. The number of rotatable bonds is 2. The number of para-hydroxylation sites is 3. The Morgan fingerprint density at radius 1 is 0.622 bits per heavy atom. The van der Waals surface area contributed by atoms with E-state index in [4.69, 9.17) is 17.2 Å². The molecule has 0 amide bonds. The Bertz CT molecular complexity index is 2640. The van der Waals surface area contributed by atoms with Crippen LogP contribution in [0.15, 0.2) is 146 Å². The molecule has 1 aliphatic heterocycles. The van der Waals surface area contributed by atoms with Crippen LogP contribution in [0.5, 0.6) is 0 Å². The van der Waals surface area contributed by atoms with Crippen LogP contribution in [0.2, 0.25) is 0 Å². The summed E-state index contributed by atoms with van der Waals surface area (Å²) in [6, 6.07) is 43.5. The van der Waals surface area contributed by atoms with Crippen molar-refractivity contribution < 1.29 is 0 Å². The van der Waals surface area contributed by atoms with Gasteiger partial charge in [0.2, 0.25) is 0 Å². The highest BCUT2D eigenvalue weighted by Crippen LogP contribution is 2.48. The Hall–Kier alpha value is -5.52. The first-order valence-corrected chi connectivity index (χ1v) is 15.8. The molecular weight excluding hydrogens is 569 g/mol. The fourth-order valence-electron chi connectivity index (χ4n) is 7.74. The molecule has 0 saturated heterocycles. The predicted octanol–water partition coefficient (Wildman–Crippen LogP) is 10.2. The predicted molar refractivity (Wildman–Crippen MR) is 188 cm³/mol. The van der Waals surface area contributed by atoms with Crippen molar-refractivity contribution in [3.05, 3.63) is 156 Å². The molecule has 0 saturated carbocycles. The molecule has 4 nitrogen and oxygen atoms in total. The van der Waals surface area contributed by atoms with E-state index in [2.05, 4.69) is 159 Å². The van der Waals surface area contributed by atoms with Gasteiger partial charge < -0.3 is 4.90 Å². The van der Waals surface area contributed by atoms with Gasteiger partial charge in [0.25, 0.3) is 0 Å². The maximum atomic E-state index is 6.27. The van der Waals surface area contributed by atoms with E-state index >= 15 is 0 Å². The summed E-state index contributed by atoms with van der Waals surface area (Å²) >= 11 is 6.27. The maximum Gasteiger partial charge on any atom is 0.163 e. The zero-order valence-electron chi connectivity index (χ0n) is 24.2. The molecule has 5 aromatic carbocycles. The molecule has 5 heteroatoms. The van der Waals surface area contributed by atoms with Crippen LogP contribution in [0.4, 0.5) is 11.4 Å². The molecule has 212 valence electrons. The average molecular weight is 595 g/mol. The number of allylic oxidation sites excluding steroid dienone is 2. The lowest BCUT2D eigenvalue weighted by Crippen LogP contribution is -2.28. The Morgan fingerprint density at radius 3 is 2.20 bits per heavy atom. The normalized spacial score (nSPS) is 17.2. The minimum atomic E-state index is 0.234. The molecule has 10 rings (SSSR count). The molecule has 3 aromatic heterocycles. The molecule has 1 aliphatic carbocycles. The number of pyridine rings is 1. The van der Waals surface area contributed by atoms with Crippen molar-refractivity contribution in [3.8, 4) is 11.1 Å². The zero-order chi connectivity index (χ0) is 29.6. The van der Waals surface area contributed by atoms with Gasteiger partial charge in [-0.05, 0) is 52.9 Å². The number of nitrogens with zero attached hydrogens (tertiary/aromatic N) is 4. The minimum absolute atomic E-state index is 0.234. The number of aromatic nitrogens is 3. The molecular formula is C40H26N4S. The van der Waals surface area contributed by atoms with Crippen LogP contribution in [0.3, 0.4) is 0 Å². The van der Waals surface area contributed by atoms with Gasteiger partial charge in [-0.2, -0.15) is 0 Å². The lowest BCUT2D eigenvalue weighted by atomic mass is 9.91. The molecule has 0 fully saturated rings. The second-order valence-electron chi connectivity index (χ2n) is 11.9. The number of hydrogen-bond acceptors (Lipinski definition) is 3. The first-order valence-electron chi connectivity index (χ1n) is 15.4. The minimum Gasteiger partial charge on any atom is -0.333 e. The number of anilines is 2. The fourth-order valence-corrected chi connectivity index (χ4v) is 8.11. The van der Waals surface area contributed by atoms with Crippen LogP contribution in [0, 0.1) is 4.64 Å². The second-order valence-corrected chi connectivity index (χ2v) is 12.3. The number of fused-ring (bicyclic) bond motifs is 12. The van der Waals surface area contributed by atoms with Crippen LogP contribution in [-0.4, -0.2) is 19.8 Å². The third kappa shape index (κ3) is 3.36. The summed E-state index contributed by atoms with van der Waals surface area (Å²) in [5.41, 5.74) is 12.1. The first kappa shape index (κ1) is 24.9. The molecule has 2 atom stereocenters. The standard InChI is InChI=1S/C40H26N4S/c45-40-30-17-5-4-16-29(30)37(25-12-2-1-3-13-25)38-39-41-31-24-26(22-23-34(31)43(39)35-20-10-11-21-36(35)44(38)40)42-32-18-8-6-14-27(32)28-15-7-9-19-33(28)42/h1-24,27,32H. The van der Waals surface area contributed by atoms with Gasteiger partial charge in [0.15, 0.2) is 5.65 Å². The van der Waals surface area contributed by atoms with E-state index < -0.39 is 0 Å². The van der Waals surface area contributed by atoms with Crippen molar-refractivity contribution in [1.82, 2.24) is 13.8 Å². The summed E-state index contributed by atoms with van der Waals surface area (Å²) in [5.74, 6) is 0.333. The van der Waals surface area contributed by atoms with Gasteiger partial charge in [0.1, 0.15) is 4.64 Å². The third-order valence-corrected chi connectivity index (χ3v) is 10.0. The smallest absolute Gasteiger partial charge is 0.163 e. The van der Waals surface area contributed by atoms with E-state index in [1.165, 1.54) is 11.3 Å². The highest BCUT2D eigenvalue weighted by atomic mass is 32.1. The number of benzene rings is 5. The summed E-state index contributed by atoms with van der Waals surface area (Å²) in [4.78, 5) is 7.93. The summed E-state index contributed by atoms with van der Waals surface area (Å²) < 4.78 is 5.37. The van der Waals surface area contributed by atoms with Gasteiger partial charge in [-0.3, -0.25) is 8.80 Å². The second kappa shape index (κ2) is 9.24. The molecule has 2 unspecified atom stereocenters. The van der Waals surface area contributed by atoms with Crippen molar-refractivity contribution in [2.75, 3.05) is 4.90 Å². The molecule has 4 heterocycles. The molecule has 45 heavy (non-hydrogen) atoms. The van der Waals surface area contributed by atoms with Crippen molar-refractivity contribution in [1.29, 1.82) is 0 Å². The van der Waals surface area contributed by atoms with Gasteiger partial charge in [0.05, 0.1) is 33.6 Å². The first-order chi connectivity index (χ1) is 22.3. The lowest BCUT2D eigenvalue weighted by Gasteiger charge is -2.28. The van der Waals surface area contributed by atoms with E-state index in [0.717, 1.165) is 65.5 Å². The van der Waals surface area contributed by atoms with Gasteiger partial charge >= 0.3 is 0 Å². The molecule has 0 radical (unpaired) electrons. The number of hydrogen-bond donors (Lipinski definition) is 0. The van der Waals surface area contributed by atoms with Crippen LogP contribution < -0.4 is 4.90 Å². The van der Waals surface area contributed by atoms with Crippen molar-refractivity contribution >= 4 is 67.6 Å². The van der Waals surface area contributed by atoms with Gasteiger partial charge in [0, 0.05) is 28.2 Å². The van der Waals surface area contributed by atoms with E-state index in [-0.39, 0.29) is 6.04 Å². The maximum absolute atomic E-state index is 6.27. The van der Waals surface area contributed by atoms with Crippen LogP contribution in [-0.2, 0) is 0 Å². The van der Waals surface area contributed by atoms with Gasteiger partial charge in [-0.1, -0.05) is 121 Å². The van der Waals surface area contributed by atoms with Crippen molar-refractivity contribution in [2.24, 2.45) is 0 Å². The largest absolute Gasteiger partial charge is 0.333 e. The van der Waals surface area contributed by atoms with Gasteiger partial charge in [-0.15, -0.1) is 0 Å². The summed E-state index contributed by atoms with van der Waals surface area (Å²) in [7, 11) is 0. The van der Waals surface area contributed by atoms with E-state index in [1.807, 2.05) is 0 Å². The molecule has 2 aliphatic rings. The Morgan fingerprint density at radius 2 is 1.33 bits per heavy atom. The summed E-state index contributed by atoms with van der Waals surface area (Å²) in [5, 5.41) is 2.20.